The lowest BCUT2D eigenvalue weighted by Crippen LogP contribution is -2.49. The number of aromatic nitrogens is 6. The maximum absolute atomic E-state index is 12.9. The van der Waals surface area contributed by atoms with E-state index in [1.54, 1.807) is 11.2 Å². The van der Waals surface area contributed by atoms with Crippen LogP contribution in [-0.2, 0) is 16.8 Å². The number of nitrogens with zero attached hydrogens (tertiary/aromatic N) is 9. The lowest BCUT2D eigenvalue weighted by molar-refractivity contribution is -0.120. The highest BCUT2D eigenvalue weighted by Crippen LogP contribution is 2.34. The van der Waals surface area contributed by atoms with Crippen LogP contribution >= 0.6 is 0 Å². The normalized spacial score (nSPS) is 18.3. The van der Waals surface area contributed by atoms with E-state index in [0.29, 0.717) is 30.5 Å². The summed E-state index contributed by atoms with van der Waals surface area (Å²) in [7, 11) is 0. The van der Waals surface area contributed by atoms with Crippen molar-refractivity contribution in [3.8, 4) is 11.3 Å². The van der Waals surface area contributed by atoms with Crippen LogP contribution in [0, 0.1) is 12.8 Å². The van der Waals surface area contributed by atoms with Gasteiger partial charge in [-0.15, -0.1) is 0 Å². The predicted molar refractivity (Wildman–Crippen MR) is 228 cm³/mol. The molecule has 0 bridgehead atoms. The Morgan fingerprint density at radius 1 is 0.950 bits per heavy atom. The molecule has 0 radical (unpaired) electrons. The van der Waals surface area contributed by atoms with E-state index < -0.39 is 5.91 Å². The number of hydrogen-bond acceptors (Lipinski definition) is 12. The van der Waals surface area contributed by atoms with E-state index >= 15 is 0 Å². The number of aryl methyl sites for hydroxylation is 1. The number of anilines is 4. The van der Waals surface area contributed by atoms with Gasteiger partial charge < -0.3 is 20.1 Å². The molecule has 2 aromatic carbocycles. The van der Waals surface area contributed by atoms with Crippen molar-refractivity contribution in [3.63, 3.8) is 0 Å². The Morgan fingerprint density at radius 3 is 2.42 bits per heavy atom. The van der Waals surface area contributed by atoms with Gasteiger partial charge in [-0.1, -0.05) is 45.0 Å². The van der Waals surface area contributed by atoms with E-state index in [9.17, 15) is 14.4 Å². The van der Waals surface area contributed by atoms with Crippen LogP contribution in [0.1, 0.15) is 106 Å². The molecule has 2 fully saturated rings. The molecule has 3 N–H and O–H groups in total. The van der Waals surface area contributed by atoms with Gasteiger partial charge in [0.25, 0.3) is 0 Å². The fraction of sp³-hybridized carbons (Fsp3) is 0.455. The van der Waals surface area contributed by atoms with Gasteiger partial charge in [0, 0.05) is 73.6 Å². The molecule has 2 atom stereocenters. The molecule has 1 unspecified atom stereocenters. The zero-order chi connectivity index (χ0) is 42.1. The molecule has 0 spiro atoms. The Kier molecular flexibility index (Phi) is 11.4. The Bertz CT molecular complexity index is 2360. The van der Waals surface area contributed by atoms with Crippen LogP contribution in [0.15, 0.2) is 65.4 Å². The van der Waals surface area contributed by atoms with E-state index in [1.807, 2.05) is 65.0 Å². The van der Waals surface area contributed by atoms with Crippen molar-refractivity contribution >= 4 is 40.9 Å². The fourth-order valence-corrected chi connectivity index (χ4v) is 8.54. The Labute approximate surface area is 350 Å². The molecule has 8 rings (SSSR count). The van der Waals surface area contributed by atoms with Gasteiger partial charge in [-0.3, -0.25) is 29.4 Å². The maximum Gasteiger partial charge on any atom is 0.328 e. The summed E-state index contributed by atoms with van der Waals surface area (Å²) < 4.78 is 7.37. The highest BCUT2D eigenvalue weighted by molar-refractivity contribution is 6.05. The molecule has 60 heavy (non-hydrogen) atoms. The minimum Gasteiger partial charge on any atom is -0.372 e. The van der Waals surface area contributed by atoms with Gasteiger partial charge in [-0.25, -0.2) is 14.8 Å². The predicted octanol–water partition coefficient (Wildman–Crippen LogP) is 6.69. The number of nitrogens with one attached hydrogen (secondary N) is 3. The molecule has 2 saturated heterocycles. The molecule has 16 nitrogen and oxygen atoms in total. The van der Waals surface area contributed by atoms with Crippen molar-refractivity contribution < 1.29 is 18.9 Å². The Hall–Kier alpha value is -6.16. The number of piperidine rings is 1. The minimum absolute atomic E-state index is 0.0508. The number of hydrogen-bond donors (Lipinski definition) is 3. The van der Waals surface area contributed by atoms with Crippen molar-refractivity contribution in [3.05, 3.63) is 89.5 Å². The first-order valence-corrected chi connectivity index (χ1v) is 21.0. The first kappa shape index (κ1) is 40.6. The first-order chi connectivity index (χ1) is 28.8. The van der Waals surface area contributed by atoms with Crippen LogP contribution in [0.3, 0.4) is 0 Å². The van der Waals surface area contributed by atoms with E-state index in [-0.39, 0.29) is 35.3 Å². The standard InChI is InChI=1S/C44H54N12O4/c1-7-35-36-24-38(48-37-23-34(45-26-46-37)30-8-13-33(27(2)22-30)28(3)47-40(58)41-50-42(52-60-41)44(4,5)6)51-56(36)21-20-54(35)25-29-14-17-53(18-15-29)31-9-11-32(12-10-31)55-19-16-39(57)49-43(55)59/h8-13,22-24,26,28-29,35H,7,14-21,25H2,1-6H3,(H,47,58)(H,49,57,59)(H,45,46,48,51)/t28-,35?/m1/s1. The van der Waals surface area contributed by atoms with Crippen molar-refractivity contribution in [2.75, 3.05) is 47.8 Å². The summed E-state index contributed by atoms with van der Waals surface area (Å²) in [6, 6.07) is 17.9. The second kappa shape index (κ2) is 16.8. The first-order valence-electron chi connectivity index (χ1n) is 21.0. The Morgan fingerprint density at radius 2 is 1.72 bits per heavy atom. The zero-order valence-corrected chi connectivity index (χ0v) is 35.2. The second-order valence-electron chi connectivity index (χ2n) is 17.2. The number of carbonyl (C=O) groups is 3. The van der Waals surface area contributed by atoms with Gasteiger partial charge in [0.05, 0.1) is 30.0 Å². The molecule has 0 saturated carbocycles. The third-order valence-electron chi connectivity index (χ3n) is 11.9. The monoisotopic (exact) mass is 814 g/mol. The number of carbonyl (C=O) groups excluding carboxylic acids is 3. The molecule has 16 heteroatoms. The van der Waals surface area contributed by atoms with Gasteiger partial charge in [-0.2, -0.15) is 10.1 Å². The summed E-state index contributed by atoms with van der Waals surface area (Å²) in [4.78, 5) is 56.8. The van der Waals surface area contributed by atoms with Crippen LogP contribution in [-0.4, -0.2) is 85.4 Å². The van der Waals surface area contributed by atoms with E-state index in [0.717, 1.165) is 91.6 Å². The van der Waals surface area contributed by atoms with Gasteiger partial charge >= 0.3 is 17.8 Å². The summed E-state index contributed by atoms with van der Waals surface area (Å²) in [5.41, 5.74) is 6.54. The maximum atomic E-state index is 12.9. The number of urea groups is 1. The fourth-order valence-electron chi connectivity index (χ4n) is 8.54. The summed E-state index contributed by atoms with van der Waals surface area (Å²) in [6.45, 7) is 17.3. The largest absolute Gasteiger partial charge is 0.372 e. The SMILES string of the molecule is CCC1c2cc(Nc3cc(-c4ccc([C@@H](C)NC(=O)c5nc(C(C)(C)C)no5)c(C)c4)ncn3)nn2CCN1CC1CCN(c2ccc(N3CCC(=O)NC3=O)cc2)CC1. The molecule has 5 aromatic rings. The van der Waals surface area contributed by atoms with Crippen molar-refractivity contribution in [2.45, 2.75) is 91.3 Å². The highest BCUT2D eigenvalue weighted by atomic mass is 16.5. The number of fused-ring (bicyclic) bond motifs is 1. The quantitative estimate of drug-likeness (QED) is 0.129. The van der Waals surface area contributed by atoms with E-state index in [4.69, 9.17) is 9.62 Å². The smallest absolute Gasteiger partial charge is 0.328 e. The lowest BCUT2D eigenvalue weighted by atomic mass is 9.94. The number of imide groups is 1. The molecular weight excluding hydrogens is 761 g/mol. The Balaban J connectivity index is 0.857. The average molecular weight is 815 g/mol. The average Bonchev–Trinajstić information content (AvgIpc) is 3.90. The number of rotatable bonds is 11. The van der Waals surface area contributed by atoms with Crippen molar-refractivity contribution in [1.82, 2.24) is 45.4 Å². The molecule has 6 heterocycles. The van der Waals surface area contributed by atoms with Crippen LogP contribution in [0.4, 0.5) is 27.8 Å². The third-order valence-corrected chi connectivity index (χ3v) is 11.9. The number of benzene rings is 2. The molecule has 3 aliphatic rings. The number of amides is 4. The van der Waals surface area contributed by atoms with Gasteiger partial charge in [0.2, 0.25) is 5.91 Å². The van der Waals surface area contributed by atoms with Gasteiger partial charge in [-0.05, 0) is 80.5 Å². The summed E-state index contributed by atoms with van der Waals surface area (Å²) in [5, 5.41) is 17.7. The summed E-state index contributed by atoms with van der Waals surface area (Å²) >= 11 is 0. The molecular formula is C44H54N12O4. The zero-order valence-electron chi connectivity index (χ0n) is 35.2. The van der Waals surface area contributed by atoms with Crippen LogP contribution in [0.25, 0.3) is 11.3 Å². The molecule has 4 amide bonds. The summed E-state index contributed by atoms with van der Waals surface area (Å²) in [6.07, 6.45) is 5.10. The minimum atomic E-state index is -0.412. The summed E-state index contributed by atoms with van der Waals surface area (Å²) in [5.74, 6) is 1.82. The van der Waals surface area contributed by atoms with Gasteiger partial charge in [0.1, 0.15) is 12.1 Å². The molecule has 3 aliphatic heterocycles. The van der Waals surface area contributed by atoms with E-state index in [2.05, 4.69) is 81.7 Å². The van der Waals surface area contributed by atoms with Crippen molar-refractivity contribution in [2.24, 2.45) is 5.92 Å². The van der Waals surface area contributed by atoms with E-state index in [1.165, 1.54) is 5.69 Å². The second-order valence-corrected chi connectivity index (χ2v) is 17.2. The lowest BCUT2D eigenvalue weighted by Gasteiger charge is -2.40. The molecule has 314 valence electrons. The van der Waals surface area contributed by atoms with Crippen LogP contribution < -0.4 is 25.8 Å². The highest BCUT2D eigenvalue weighted by Gasteiger charge is 2.32. The van der Waals surface area contributed by atoms with Crippen LogP contribution in [0.2, 0.25) is 0 Å². The molecule has 3 aromatic heterocycles. The van der Waals surface area contributed by atoms with Gasteiger partial charge in [0.15, 0.2) is 11.6 Å². The van der Waals surface area contributed by atoms with Crippen LogP contribution in [0.5, 0.6) is 0 Å². The topological polar surface area (TPSA) is 180 Å². The molecule has 0 aliphatic carbocycles. The third kappa shape index (κ3) is 8.74. The van der Waals surface area contributed by atoms with Crippen molar-refractivity contribution in [1.29, 1.82) is 0 Å².